The molecule has 1 aromatic rings. The zero-order valence-corrected chi connectivity index (χ0v) is 7.73. The van der Waals surface area contributed by atoms with Gasteiger partial charge in [-0.2, -0.15) is 0 Å². The van der Waals surface area contributed by atoms with Crippen LogP contribution in [0.5, 0.6) is 0 Å². The summed E-state index contributed by atoms with van der Waals surface area (Å²) in [7, 11) is 0. The lowest BCUT2D eigenvalue weighted by molar-refractivity contribution is -0.138. The maximum Gasteiger partial charge on any atom is 0.306 e. The number of benzene rings is 1. The second-order valence-corrected chi connectivity index (χ2v) is 3.27. The smallest absolute Gasteiger partial charge is 0.306 e. The Morgan fingerprint density at radius 3 is 2.00 bits per heavy atom. The molecule has 1 aromatic carbocycles. The van der Waals surface area contributed by atoms with Crippen LogP contribution in [-0.4, -0.2) is 11.1 Å². The third kappa shape index (κ3) is 4.31. The molecule has 0 aromatic heterocycles. The van der Waals surface area contributed by atoms with E-state index >= 15 is 0 Å². The van der Waals surface area contributed by atoms with E-state index in [1.807, 2.05) is 18.2 Å². The zero-order chi connectivity index (χ0) is 9.68. The molecule has 0 atom stereocenters. The highest BCUT2D eigenvalue weighted by Crippen LogP contribution is 2.28. The van der Waals surface area contributed by atoms with Crippen molar-refractivity contribution in [3.8, 4) is 0 Å². The number of aliphatic carboxylic acids is 1. The molecule has 1 aliphatic carbocycles. The van der Waals surface area contributed by atoms with Crippen molar-refractivity contribution in [1.82, 2.24) is 0 Å². The number of hydrogen-bond acceptors (Lipinski definition) is 1. The SMILES string of the molecule is Cc1ccccc1.O=C(O)C1CC1. The summed E-state index contributed by atoms with van der Waals surface area (Å²) in [4.78, 5) is 9.76. The first-order chi connectivity index (χ1) is 6.20. The van der Waals surface area contributed by atoms with Crippen molar-refractivity contribution >= 4 is 5.97 Å². The zero-order valence-electron chi connectivity index (χ0n) is 7.73. The van der Waals surface area contributed by atoms with Crippen LogP contribution < -0.4 is 0 Å². The topological polar surface area (TPSA) is 37.3 Å². The molecule has 2 rings (SSSR count). The van der Waals surface area contributed by atoms with Crippen molar-refractivity contribution in [1.29, 1.82) is 0 Å². The van der Waals surface area contributed by atoms with E-state index < -0.39 is 5.97 Å². The van der Waals surface area contributed by atoms with Crippen LogP contribution in [-0.2, 0) is 4.79 Å². The van der Waals surface area contributed by atoms with Crippen molar-refractivity contribution < 1.29 is 9.90 Å². The summed E-state index contributed by atoms with van der Waals surface area (Å²) in [6, 6.07) is 10.3. The Hall–Kier alpha value is -1.31. The van der Waals surface area contributed by atoms with Gasteiger partial charge in [0, 0.05) is 0 Å². The third-order valence-electron chi connectivity index (χ3n) is 1.87. The van der Waals surface area contributed by atoms with Crippen LogP contribution in [0.15, 0.2) is 30.3 Å². The number of aryl methyl sites for hydroxylation is 1. The summed E-state index contributed by atoms with van der Waals surface area (Å²) < 4.78 is 0. The fraction of sp³-hybridized carbons (Fsp3) is 0.364. The van der Waals surface area contributed by atoms with E-state index in [0.29, 0.717) is 0 Å². The summed E-state index contributed by atoms with van der Waals surface area (Å²) in [5.74, 6) is -0.611. The second kappa shape index (κ2) is 4.65. The van der Waals surface area contributed by atoms with Gasteiger partial charge in [-0.3, -0.25) is 4.79 Å². The maximum atomic E-state index is 9.76. The molecule has 0 amide bonds. The summed E-state index contributed by atoms with van der Waals surface area (Å²) in [6.45, 7) is 2.08. The lowest BCUT2D eigenvalue weighted by atomic mass is 10.2. The molecular formula is C11H14O2. The molecule has 0 saturated heterocycles. The molecule has 2 nitrogen and oxygen atoms in total. The van der Waals surface area contributed by atoms with Crippen LogP contribution in [0.2, 0.25) is 0 Å². The van der Waals surface area contributed by atoms with E-state index in [1.165, 1.54) is 5.56 Å². The lowest BCUT2D eigenvalue weighted by Gasteiger charge is -1.82. The van der Waals surface area contributed by atoms with Crippen LogP contribution in [0.25, 0.3) is 0 Å². The Kier molecular flexibility index (Phi) is 3.50. The predicted molar refractivity (Wildman–Crippen MR) is 51.5 cm³/mol. The summed E-state index contributed by atoms with van der Waals surface area (Å²) in [6.07, 6.45) is 1.80. The van der Waals surface area contributed by atoms with Crippen LogP contribution in [0.1, 0.15) is 18.4 Å². The van der Waals surface area contributed by atoms with E-state index in [0.717, 1.165) is 12.8 Å². The van der Waals surface area contributed by atoms with Crippen LogP contribution >= 0.6 is 0 Å². The van der Waals surface area contributed by atoms with Crippen molar-refractivity contribution in [2.75, 3.05) is 0 Å². The van der Waals surface area contributed by atoms with Gasteiger partial charge in [-0.25, -0.2) is 0 Å². The highest BCUT2D eigenvalue weighted by molar-refractivity contribution is 5.72. The largest absolute Gasteiger partial charge is 0.481 e. The molecular weight excluding hydrogens is 164 g/mol. The summed E-state index contributed by atoms with van der Waals surface area (Å²) >= 11 is 0. The minimum atomic E-state index is -0.630. The van der Waals surface area contributed by atoms with Gasteiger partial charge in [-0.15, -0.1) is 0 Å². The number of carbonyl (C=O) groups is 1. The summed E-state index contributed by atoms with van der Waals surface area (Å²) in [5.41, 5.74) is 1.32. The first-order valence-corrected chi connectivity index (χ1v) is 4.44. The predicted octanol–water partition coefficient (Wildman–Crippen LogP) is 2.48. The summed E-state index contributed by atoms with van der Waals surface area (Å²) in [5, 5.41) is 8.05. The van der Waals surface area contributed by atoms with Crippen molar-refractivity contribution in [2.24, 2.45) is 5.92 Å². The van der Waals surface area contributed by atoms with Gasteiger partial charge in [0.2, 0.25) is 0 Å². The van der Waals surface area contributed by atoms with E-state index in [-0.39, 0.29) is 5.92 Å². The van der Waals surface area contributed by atoms with Crippen LogP contribution in [0.3, 0.4) is 0 Å². The first kappa shape index (κ1) is 9.78. The van der Waals surface area contributed by atoms with E-state index in [4.69, 9.17) is 5.11 Å². The van der Waals surface area contributed by atoms with Crippen molar-refractivity contribution in [3.63, 3.8) is 0 Å². The molecule has 0 heterocycles. The second-order valence-electron chi connectivity index (χ2n) is 3.27. The van der Waals surface area contributed by atoms with E-state index in [1.54, 1.807) is 0 Å². The minimum absolute atomic E-state index is 0.0185. The molecule has 1 saturated carbocycles. The Bertz CT molecular complexity index is 263. The highest BCUT2D eigenvalue weighted by atomic mass is 16.4. The first-order valence-electron chi connectivity index (χ1n) is 4.44. The molecule has 0 bridgehead atoms. The van der Waals surface area contributed by atoms with Gasteiger partial charge in [0.25, 0.3) is 0 Å². The van der Waals surface area contributed by atoms with Gasteiger partial charge in [0.15, 0.2) is 0 Å². The van der Waals surface area contributed by atoms with Crippen molar-refractivity contribution in [3.05, 3.63) is 35.9 Å². The van der Waals surface area contributed by atoms with E-state index in [9.17, 15) is 4.79 Å². The fourth-order valence-electron chi connectivity index (χ4n) is 0.865. The Balaban J connectivity index is 0.000000132. The monoisotopic (exact) mass is 178 g/mol. The van der Waals surface area contributed by atoms with Crippen LogP contribution in [0.4, 0.5) is 0 Å². The van der Waals surface area contributed by atoms with Gasteiger partial charge < -0.3 is 5.11 Å². The van der Waals surface area contributed by atoms with Gasteiger partial charge in [-0.05, 0) is 19.8 Å². The molecule has 0 radical (unpaired) electrons. The normalized spacial score (nSPS) is 14.2. The number of carboxylic acids is 1. The lowest BCUT2D eigenvalue weighted by Crippen LogP contribution is -1.94. The molecule has 1 aliphatic rings. The number of carboxylic acid groups (broad SMARTS) is 1. The third-order valence-corrected chi connectivity index (χ3v) is 1.87. The molecule has 1 fully saturated rings. The van der Waals surface area contributed by atoms with Crippen LogP contribution in [0, 0.1) is 12.8 Å². The number of hydrogen-bond donors (Lipinski definition) is 1. The molecule has 0 spiro atoms. The quantitative estimate of drug-likeness (QED) is 0.717. The molecule has 1 N–H and O–H groups in total. The van der Waals surface area contributed by atoms with Crippen molar-refractivity contribution in [2.45, 2.75) is 19.8 Å². The van der Waals surface area contributed by atoms with Gasteiger partial charge >= 0.3 is 5.97 Å². The fourth-order valence-corrected chi connectivity index (χ4v) is 0.865. The Morgan fingerprint density at radius 1 is 1.31 bits per heavy atom. The average molecular weight is 178 g/mol. The molecule has 70 valence electrons. The Labute approximate surface area is 78.2 Å². The van der Waals surface area contributed by atoms with Gasteiger partial charge in [0.05, 0.1) is 5.92 Å². The van der Waals surface area contributed by atoms with Gasteiger partial charge in [0.1, 0.15) is 0 Å². The van der Waals surface area contributed by atoms with E-state index in [2.05, 4.69) is 19.1 Å². The molecule has 2 heteroatoms. The molecule has 13 heavy (non-hydrogen) atoms. The standard InChI is InChI=1S/C7H8.C4H6O2/c1-7-5-3-2-4-6-7;5-4(6)3-1-2-3/h2-6H,1H3;3H,1-2H2,(H,5,6). The number of rotatable bonds is 1. The molecule has 0 unspecified atom stereocenters. The van der Waals surface area contributed by atoms with Gasteiger partial charge in [-0.1, -0.05) is 35.9 Å². The maximum absolute atomic E-state index is 9.76. The Morgan fingerprint density at radius 2 is 1.85 bits per heavy atom. The highest BCUT2D eigenvalue weighted by Gasteiger charge is 2.28. The average Bonchev–Trinajstić information content (AvgIpc) is 2.88. The minimum Gasteiger partial charge on any atom is -0.481 e. The molecule has 0 aliphatic heterocycles.